The van der Waals surface area contributed by atoms with Gasteiger partial charge < -0.3 is 10.1 Å². The lowest BCUT2D eigenvalue weighted by Gasteiger charge is -2.10. The molecule has 0 aromatic heterocycles. The van der Waals surface area contributed by atoms with Crippen LogP contribution in [-0.4, -0.2) is 12.6 Å². The molecule has 0 heterocycles. The molecule has 0 saturated heterocycles. The SMILES string of the molecule is CCCCCOc1ccc(CNC2CC2)cc1Br. The van der Waals surface area contributed by atoms with Gasteiger partial charge in [0.15, 0.2) is 0 Å². The molecule has 0 radical (unpaired) electrons. The molecule has 1 aromatic rings. The van der Waals surface area contributed by atoms with E-state index in [1.165, 1.54) is 31.2 Å². The van der Waals surface area contributed by atoms with Crippen molar-refractivity contribution in [3.63, 3.8) is 0 Å². The van der Waals surface area contributed by atoms with Crippen molar-refractivity contribution < 1.29 is 4.74 Å². The summed E-state index contributed by atoms with van der Waals surface area (Å²) in [6.45, 7) is 3.98. The minimum Gasteiger partial charge on any atom is -0.492 e. The van der Waals surface area contributed by atoms with Crippen LogP contribution in [0.1, 0.15) is 44.6 Å². The van der Waals surface area contributed by atoms with Crippen molar-refractivity contribution in [3.05, 3.63) is 28.2 Å². The second kappa shape index (κ2) is 7.15. The molecule has 1 N–H and O–H groups in total. The molecule has 2 rings (SSSR count). The van der Waals surface area contributed by atoms with Crippen molar-refractivity contribution in [2.24, 2.45) is 0 Å². The second-order valence-electron chi connectivity index (χ2n) is 4.98. The Balaban J connectivity index is 1.79. The molecule has 3 heteroatoms. The summed E-state index contributed by atoms with van der Waals surface area (Å²) in [6, 6.07) is 7.13. The van der Waals surface area contributed by atoms with E-state index in [-0.39, 0.29) is 0 Å². The van der Waals surface area contributed by atoms with E-state index in [4.69, 9.17) is 4.74 Å². The Morgan fingerprint density at radius 1 is 1.33 bits per heavy atom. The van der Waals surface area contributed by atoms with Crippen molar-refractivity contribution in [1.29, 1.82) is 0 Å². The van der Waals surface area contributed by atoms with Crippen molar-refractivity contribution in [3.8, 4) is 5.75 Å². The highest BCUT2D eigenvalue weighted by Crippen LogP contribution is 2.27. The Morgan fingerprint density at radius 2 is 2.17 bits per heavy atom. The van der Waals surface area contributed by atoms with Gasteiger partial charge in [-0.1, -0.05) is 25.8 Å². The van der Waals surface area contributed by atoms with E-state index in [9.17, 15) is 0 Å². The molecule has 0 bridgehead atoms. The van der Waals surface area contributed by atoms with Crippen molar-refractivity contribution in [2.75, 3.05) is 6.61 Å². The average molecular weight is 312 g/mol. The minimum atomic E-state index is 0.758. The van der Waals surface area contributed by atoms with Crippen molar-refractivity contribution in [2.45, 2.75) is 51.6 Å². The van der Waals surface area contributed by atoms with Gasteiger partial charge in [-0.3, -0.25) is 0 Å². The molecule has 1 aliphatic carbocycles. The first-order valence-corrected chi connectivity index (χ1v) is 7.73. The monoisotopic (exact) mass is 311 g/mol. The molecular formula is C15H22BrNO. The van der Waals surface area contributed by atoms with Gasteiger partial charge in [0.1, 0.15) is 5.75 Å². The highest BCUT2D eigenvalue weighted by atomic mass is 79.9. The van der Waals surface area contributed by atoms with Gasteiger partial charge in [-0.15, -0.1) is 0 Å². The van der Waals surface area contributed by atoms with Gasteiger partial charge in [-0.25, -0.2) is 0 Å². The third kappa shape index (κ3) is 4.62. The Labute approximate surface area is 118 Å². The zero-order chi connectivity index (χ0) is 12.8. The highest BCUT2D eigenvalue weighted by molar-refractivity contribution is 9.10. The van der Waals surface area contributed by atoms with Crippen LogP contribution >= 0.6 is 15.9 Å². The molecule has 1 fully saturated rings. The van der Waals surface area contributed by atoms with Crippen LogP contribution in [0.3, 0.4) is 0 Å². The van der Waals surface area contributed by atoms with Gasteiger partial charge in [0.25, 0.3) is 0 Å². The summed E-state index contributed by atoms with van der Waals surface area (Å²) in [5, 5.41) is 3.52. The maximum absolute atomic E-state index is 5.76. The first-order valence-electron chi connectivity index (χ1n) is 6.94. The van der Waals surface area contributed by atoms with Crippen LogP contribution in [0.15, 0.2) is 22.7 Å². The number of rotatable bonds is 8. The zero-order valence-electron chi connectivity index (χ0n) is 11.0. The quantitative estimate of drug-likeness (QED) is 0.724. The summed E-state index contributed by atoms with van der Waals surface area (Å²) in [5.74, 6) is 0.960. The van der Waals surface area contributed by atoms with Crippen LogP contribution in [0, 0.1) is 0 Å². The zero-order valence-corrected chi connectivity index (χ0v) is 12.6. The third-order valence-electron chi connectivity index (χ3n) is 3.17. The molecule has 0 unspecified atom stereocenters. The fourth-order valence-corrected chi connectivity index (χ4v) is 2.40. The first-order chi connectivity index (χ1) is 8.79. The minimum absolute atomic E-state index is 0.758. The Kier molecular flexibility index (Phi) is 5.51. The van der Waals surface area contributed by atoms with E-state index >= 15 is 0 Å². The first kappa shape index (κ1) is 13.9. The number of ether oxygens (including phenoxy) is 1. The number of hydrogen-bond donors (Lipinski definition) is 1. The van der Waals surface area contributed by atoms with Crippen LogP contribution in [0.5, 0.6) is 5.75 Å². The van der Waals surface area contributed by atoms with E-state index in [1.54, 1.807) is 0 Å². The summed E-state index contributed by atoms with van der Waals surface area (Å²) in [5.41, 5.74) is 1.31. The molecule has 0 atom stereocenters. The number of benzene rings is 1. The van der Waals surface area contributed by atoms with E-state index < -0.39 is 0 Å². The van der Waals surface area contributed by atoms with Crippen LogP contribution in [0.25, 0.3) is 0 Å². The lowest BCUT2D eigenvalue weighted by Crippen LogP contribution is -2.15. The van der Waals surface area contributed by atoms with Gasteiger partial charge in [0, 0.05) is 12.6 Å². The molecule has 18 heavy (non-hydrogen) atoms. The summed E-state index contributed by atoms with van der Waals surface area (Å²) >= 11 is 3.59. The van der Waals surface area contributed by atoms with E-state index in [0.717, 1.165) is 35.8 Å². The molecule has 1 aromatic carbocycles. The predicted molar refractivity (Wildman–Crippen MR) is 79.0 cm³/mol. The lowest BCUT2D eigenvalue weighted by atomic mass is 10.2. The van der Waals surface area contributed by atoms with Gasteiger partial charge >= 0.3 is 0 Å². The largest absolute Gasteiger partial charge is 0.492 e. The highest BCUT2D eigenvalue weighted by Gasteiger charge is 2.19. The molecule has 2 nitrogen and oxygen atoms in total. The molecule has 100 valence electrons. The van der Waals surface area contributed by atoms with Crippen molar-refractivity contribution >= 4 is 15.9 Å². The van der Waals surface area contributed by atoms with Gasteiger partial charge in [0.05, 0.1) is 11.1 Å². The summed E-state index contributed by atoms with van der Waals surface area (Å²) in [4.78, 5) is 0. The van der Waals surface area contributed by atoms with Crippen LogP contribution in [0.2, 0.25) is 0 Å². The summed E-state index contributed by atoms with van der Waals surface area (Å²) < 4.78 is 6.83. The molecule has 1 aliphatic rings. The Morgan fingerprint density at radius 3 is 2.83 bits per heavy atom. The van der Waals surface area contributed by atoms with Gasteiger partial charge in [-0.2, -0.15) is 0 Å². The van der Waals surface area contributed by atoms with Crippen molar-refractivity contribution in [1.82, 2.24) is 5.32 Å². The summed E-state index contributed by atoms with van der Waals surface area (Å²) in [6.07, 6.45) is 6.27. The predicted octanol–water partition coefficient (Wildman–Crippen LogP) is 4.27. The van der Waals surface area contributed by atoms with E-state index in [1.807, 2.05) is 0 Å². The topological polar surface area (TPSA) is 21.3 Å². The Bertz CT molecular complexity index is 377. The van der Waals surface area contributed by atoms with Crippen LogP contribution < -0.4 is 10.1 Å². The standard InChI is InChI=1S/C15H22BrNO/c1-2-3-4-9-18-15-8-5-12(10-14(15)16)11-17-13-6-7-13/h5,8,10,13,17H,2-4,6-7,9,11H2,1H3. The number of halogens is 1. The average Bonchev–Trinajstić information content (AvgIpc) is 3.18. The molecular weight excluding hydrogens is 290 g/mol. The molecule has 0 aliphatic heterocycles. The smallest absolute Gasteiger partial charge is 0.133 e. The number of nitrogens with one attached hydrogen (secondary N) is 1. The maximum Gasteiger partial charge on any atom is 0.133 e. The van der Waals surface area contributed by atoms with Gasteiger partial charge in [-0.05, 0) is 52.9 Å². The number of hydrogen-bond acceptors (Lipinski definition) is 2. The normalized spacial score (nSPS) is 14.8. The fourth-order valence-electron chi connectivity index (χ4n) is 1.86. The Hall–Kier alpha value is -0.540. The molecule has 1 saturated carbocycles. The maximum atomic E-state index is 5.76. The number of unbranched alkanes of at least 4 members (excludes halogenated alkanes) is 2. The van der Waals surface area contributed by atoms with E-state index in [2.05, 4.69) is 46.4 Å². The van der Waals surface area contributed by atoms with Crippen LogP contribution in [-0.2, 0) is 6.54 Å². The molecule has 0 amide bonds. The van der Waals surface area contributed by atoms with Gasteiger partial charge in [0.2, 0.25) is 0 Å². The second-order valence-corrected chi connectivity index (χ2v) is 5.83. The third-order valence-corrected chi connectivity index (χ3v) is 3.79. The van der Waals surface area contributed by atoms with Crippen LogP contribution in [0.4, 0.5) is 0 Å². The van der Waals surface area contributed by atoms with E-state index in [0.29, 0.717) is 0 Å². The molecule has 0 spiro atoms. The summed E-state index contributed by atoms with van der Waals surface area (Å²) in [7, 11) is 0. The lowest BCUT2D eigenvalue weighted by molar-refractivity contribution is 0.304. The fraction of sp³-hybridized carbons (Fsp3) is 0.600.